The number of hydrogen-bond acceptors (Lipinski definition) is 1. The molecule has 0 radical (unpaired) electrons. The van der Waals surface area contributed by atoms with Crippen molar-refractivity contribution in [2.75, 3.05) is 5.32 Å². The molecule has 0 aliphatic carbocycles. The number of hydrogen-bond donors (Lipinski definition) is 1. The fraction of sp³-hybridized carbons (Fsp3) is 0.154. The van der Waals surface area contributed by atoms with Crippen molar-refractivity contribution in [3.8, 4) is 0 Å². The van der Waals surface area contributed by atoms with Gasteiger partial charge in [-0.25, -0.2) is 13.2 Å². The van der Waals surface area contributed by atoms with Crippen molar-refractivity contribution >= 4 is 27.5 Å². The Morgan fingerprint density at radius 1 is 1.25 bits per heavy atom. The molecular weight excluding hydrogens is 337 g/mol. The van der Waals surface area contributed by atoms with Gasteiger partial charge in [-0.15, -0.1) is 0 Å². The summed E-state index contributed by atoms with van der Waals surface area (Å²) in [6.45, 7) is 2.40. The quantitative estimate of drug-likeness (QED) is 0.839. The summed E-state index contributed by atoms with van der Waals surface area (Å²) in [5.41, 5.74) is 0.177. The van der Waals surface area contributed by atoms with E-state index in [1.54, 1.807) is 16.8 Å². The first kappa shape index (κ1) is 14.6. The summed E-state index contributed by atoms with van der Waals surface area (Å²) in [7, 11) is 0. The van der Waals surface area contributed by atoms with Crippen LogP contribution < -0.4 is 5.32 Å². The lowest BCUT2D eigenvalue weighted by atomic mass is 10.2. The number of rotatable bonds is 3. The lowest BCUT2D eigenvalue weighted by molar-refractivity contribution is 0.101. The molecule has 0 aliphatic rings. The molecule has 0 fully saturated rings. The molecule has 0 atom stereocenters. The SMILES string of the molecule is CCn1cc(Br)cc1C(=O)Nc1cc(F)c(F)c(F)c1. The Kier molecular flexibility index (Phi) is 4.17. The molecule has 0 saturated carbocycles. The van der Waals surface area contributed by atoms with Crippen molar-refractivity contribution in [3.63, 3.8) is 0 Å². The maximum atomic E-state index is 13.1. The predicted octanol–water partition coefficient (Wildman–Crippen LogP) is 3.94. The van der Waals surface area contributed by atoms with Crippen LogP contribution in [0.15, 0.2) is 28.9 Å². The molecule has 1 amide bonds. The third-order valence-electron chi connectivity index (χ3n) is 2.68. The second kappa shape index (κ2) is 5.70. The molecule has 3 nitrogen and oxygen atoms in total. The molecular formula is C13H10BrF3N2O. The van der Waals surface area contributed by atoms with E-state index in [-0.39, 0.29) is 5.69 Å². The standard InChI is InChI=1S/C13H10BrF3N2O/c1-2-19-6-7(14)3-11(19)13(20)18-8-4-9(15)12(17)10(16)5-8/h3-6H,2H2,1H3,(H,18,20). The van der Waals surface area contributed by atoms with Crippen LogP contribution in [0.1, 0.15) is 17.4 Å². The number of aromatic nitrogens is 1. The summed E-state index contributed by atoms with van der Waals surface area (Å²) in [5, 5.41) is 2.33. The van der Waals surface area contributed by atoms with Gasteiger partial charge in [0.15, 0.2) is 17.5 Å². The van der Waals surface area contributed by atoms with E-state index in [0.717, 1.165) is 12.1 Å². The van der Waals surface area contributed by atoms with E-state index in [9.17, 15) is 18.0 Å². The first-order chi connectivity index (χ1) is 9.42. The average Bonchev–Trinajstić information content (AvgIpc) is 2.77. The first-order valence-corrected chi connectivity index (χ1v) is 6.53. The van der Waals surface area contributed by atoms with E-state index in [1.807, 2.05) is 6.92 Å². The monoisotopic (exact) mass is 346 g/mol. The zero-order chi connectivity index (χ0) is 14.9. The van der Waals surface area contributed by atoms with Crippen LogP contribution in [0.4, 0.5) is 18.9 Å². The Balaban J connectivity index is 2.28. The topological polar surface area (TPSA) is 34.0 Å². The summed E-state index contributed by atoms with van der Waals surface area (Å²) < 4.78 is 41.3. The molecule has 106 valence electrons. The summed E-state index contributed by atoms with van der Waals surface area (Å²) in [6, 6.07) is 3.03. The fourth-order valence-corrected chi connectivity index (χ4v) is 2.21. The molecule has 1 heterocycles. The van der Waals surface area contributed by atoms with Crippen LogP contribution in [0.25, 0.3) is 0 Å². The summed E-state index contributed by atoms with van der Waals surface area (Å²) in [4.78, 5) is 12.0. The van der Waals surface area contributed by atoms with Crippen molar-refractivity contribution in [2.24, 2.45) is 0 Å². The van der Waals surface area contributed by atoms with Crippen LogP contribution in [-0.4, -0.2) is 10.5 Å². The van der Waals surface area contributed by atoms with E-state index >= 15 is 0 Å². The molecule has 0 spiro atoms. The number of nitrogens with zero attached hydrogens (tertiary/aromatic N) is 1. The van der Waals surface area contributed by atoms with Crippen molar-refractivity contribution in [3.05, 3.63) is 52.0 Å². The Labute approximate surface area is 121 Å². The zero-order valence-corrected chi connectivity index (χ0v) is 12.0. The zero-order valence-electron chi connectivity index (χ0n) is 10.4. The molecule has 1 aromatic heterocycles. The molecule has 20 heavy (non-hydrogen) atoms. The van der Waals surface area contributed by atoms with E-state index in [2.05, 4.69) is 21.2 Å². The molecule has 1 N–H and O–H groups in total. The first-order valence-electron chi connectivity index (χ1n) is 5.74. The van der Waals surface area contributed by atoms with Crippen LogP contribution in [0.3, 0.4) is 0 Å². The lowest BCUT2D eigenvalue weighted by Crippen LogP contribution is -2.16. The Morgan fingerprint density at radius 3 is 2.40 bits per heavy atom. The minimum atomic E-state index is -1.57. The minimum absolute atomic E-state index is 0.147. The predicted molar refractivity (Wildman–Crippen MR) is 72.1 cm³/mol. The Morgan fingerprint density at radius 2 is 1.85 bits per heavy atom. The highest BCUT2D eigenvalue weighted by Crippen LogP contribution is 2.20. The van der Waals surface area contributed by atoms with Crippen LogP contribution in [0.2, 0.25) is 0 Å². The highest BCUT2D eigenvalue weighted by atomic mass is 79.9. The third-order valence-corrected chi connectivity index (χ3v) is 3.11. The maximum absolute atomic E-state index is 13.1. The number of benzene rings is 1. The second-order valence-corrected chi connectivity index (χ2v) is 4.95. The van der Waals surface area contributed by atoms with Gasteiger partial charge in [-0.3, -0.25) is 4.79 Å². The van der Waals surface area contributed by atoms with Gasteiger partial charge in [-0.2, -0.15) is 0 Å². The van der Waals surface area contributed by atoms with Gasteiger partial charge in [-0.05, 0) is 28.9 Å². The van der Waals surface area contributed by atoms with Gasteiger partial charge in [0, 0.05) is 35.0 Å². The van der Waals surface area contributed by atoms with Crippen molar-refractivity contribution in [1.82, 2.24) is 4.57 Å². The highest BCUT2D eigenvalue weighted by molar-refractivity contribution is 9.10. The molecule has 0 unspecified atom stereocenters. The summed E-state index contributed by atoms with van der Waals surface area (Å²) >= 11 is 3.24. The van der Waals surface area contributed by atoms with Gasteiger partial charge < -0.3 is 9.88 Å². The molecule has 2 aromatic rings. The average molecular weight is 347 g/mol. The molecule has 0 saturated heterocycles. The third kappa shape index (κ3) is 2.87. The Hall–Kier alpha value is -1.76. The van der Waals surface area contributed by atoms with E-state index in [1.165, 1.54) is 0 Å². The number of aryl methyl sites for hydroxylation is 1. The van der Waals surface area contributed by atoms with Gasteiger partial charge >= 0.3 is 0 Å². The van der Waals surface area contributed by atoms with Gasteiger partial charge in [0.05, 0.1) is 0 Å². The van der Waals surface area contributed by atoms with Crippen molar-refractivity contribution < 1.29 is 18.0 Å². The number of amides is 1. The van der Waals surface area contributed by atoms with Crippen LogP contribution in [0, 0.1) is 17.5 Å². The number of halogens is 4. The van der Waals surface area contributed by atoms with Crippen LogP contribution in [0.5, 0.6) is 0 Å². The van der Waals surface area contributed by atoms with Gasteiger partial charge in [0.25, 0.3) is 5.91 Å². The Bertz CT molecular complexity index is 647. The number of nitrogens with one attached hydrogen (secondary N) is 1. The number of carbonyl (C=O) groups is 1. The number of anilines is 1. The van der Waals surface area contributed by atoms with Gasteiger partial charge in [-0.1, -0.05) is 0 Å². The smallest absolute Gasteiger partial charge is 0.272 e. The van der Waals surface area contributed by atoms with Crippen LogP contribution >= 0.6 is 15.9 Å². The molecule has 0 bridgehead atoms. The largest absolute Gasteiger partial charge is 0.343 e. The normalized spacial score (nSPS) is 10.7. The van der Waals surface area contributed by atoms with E-state index in [0.29, 0.717) is 16.7 Å². The molecule has 7 heteroatoms. The minimum Gasteiger partial charge on any atom is -0.343 e. The van der Waals surface area contributed by atoms with Crippen molar-refractivity contribution in [2.45, 2.75) is 13.5 Å². The number of carbonyl (C=O) groups excluding carboxylic acids is 1. The lowest BCUT2D eigenvalue weighted by Gasteiger charge is -2.08. The van der Waals surface area contributed by atoms with E-state index in [4.69, 9.17) is 0 Å². The fourth-order valence-electron chi connectivity index (χ4n) is 1.75. The van der Waals surface area contributed by atoms with E-state index < -0.39 is 23.4 Å². The van der Waals surface area contributed by atoms with Gasteiger partial charge in [0.1, 0.15) is 5.69 Å². The van der Waals surface area contributed by atoms with Crippen molar-refractivity contribution in [1.29, 1.82) is 0 Å². The molecule has 1 aromatic carbocycles. The molecule has 2 rings (SSSR count). The maximum Gasteiger partial charge on any atom is 0.272 e. The second-order valence-electron chi connectivity index (χ2n) is 4.04. The van der Waals surface area contributed by atoms with Crippen LogP contribution in [-0.2, 0) is 6.54 Å². The highest BCUT2D eigenvalue weighted by Gasteiger charge is 2.15. The summed E-state index contributed by atoms with van der Waals surface area (Å²) in [5.74, 6) is -4.81. The summed E-state index contributed by atoms with van der Waals surface area (Å²) in [6.07, 6.45) is 1.71. The van der Waals surface area contributed by atoms with Gasteiger partial charge in [0.2, 0.25) is 0 Å². The molecule has 0 aliphatic heterocycles.